The van der Waals surface area contributed by atoms with Crippen molar-refractivity contribution in [3.05, 3.63) is 41.7 Å². The Morgan fingerprint density at radius 3 is 2.71 bits per heavy atom. The second kappa shape index (κ2) is 5.54. The molecule has 0 radical (unpaired) electrons. The molecule has 1 aromatic heterocycles. The van der Waals surface area contributed by atoms with E-state index < -0.39 is 16.0 Å². The first-order valence-electron chi connectivity index (χ1n) is 5.78. The third-order valence-electron chi connectivity index (χ3n) is 2.66. The summed E-state index contributed by atoms with van der Waals surface area (Å²) in [7, 11) is -2.23. The number of hydrogen-bond donors (Lipinski definition) is 2. The third-order valence-corrected chi connectivity index (χ3v) is 3.57. The smallest absolute Gasteiger partial charge is 0.339 e. The van der Waals surface area contributed by atoms with Gasteiger partial charge in [-0.15, -0.1) is 0 Å². The van der Waals surface area contributed by atoms with Crippen molar-refractivity contribution in [2.24, 2.45) is 12.2 Å². The Morgan fingerprint density at radius 2 is 2.19 bits per heavy atom. The van der Waals surface area contributed by atoms with Gasteiger partial charge in [0.05, 0.1) is 11.1 Å². The van der Waals surface area contributed by atoms with E-state index in [-0.39, 0.29) is 22.8 Å². The molecule has 0 unspecified atom stereocenters. The lowest BCUT2D eigenvalue weighted by Crippen LogP contribution is -2.13. The Morgan fingerprint density at radius 1 is 1.48 bits per heavy atom. The molecule has 112 valence electrons. The topological polar surface area (TPSA) is 125 Å². The van der Waals surface area contributed by atoms with E-state index in [0.717, 1.165) is 11.6 Å². The maximum Gasteiger partial charge on any atom is 0.339 e. The lowest BCUT2D eigenvalue weighted by atomic mass is 10.2. The molecule has 0 saturated heterocycles. The van der Waals surface area contributed by atoms with Gasteiger partial charge < -0.3 is 9.84 Å². The average molecular weight is 311 g/mol. The van der Waals surface area contributed by atoms with Crippen LogP contribution in [-0.4, -0.2) is 29.3 Å². The molecule has 0 aliphatic rings. The van der Waals surface area contributed by atoms with Gasteiger partial charge in [-0.2, -0.15) is 5.10 Å². The molecule has 0 aliphatic carbocycles. The lowest BCUT2D eigenvalue weighted by molar-refractivity contribution is 0.0691. The van der Waals surface area contributed by atoms with Gasteiger partial charge in [-0.05, 0) is 18.2 Å². The molecule has 0 bridgehead atoms. The fourth-order valence-electron chi connectivity index (χ4n) is 1.69. The molecule has 3 N–H and O–H groups in total. The Bertz CT molecular complexity index is 782. The molecule has 1 aromatic carbocycles. The minimum absolute atomic E-state index is 0.0544. The number of aromatic carboxylic acids is 1. The molecule has 2 rings (SSSR count). The standard InChI is InChI=1S/C12H13N3O5S/c1-15-6-8(5-14-15)7-20-11-3-2-9(21(13,18)19)4-10(11)12(16)17/h2-6H,7H2,1H3,(H,16,17)(H2,13,18,19). The van der Waals surface area contributed by atoms with Crippen molar-refractivity contribution in [2.45, 2.75) is 11.5 Å². The van der Waals surface area contributed by atoms with Crippen LogP contribution in [0.1, 0.15) is 15.9 Å². The summed E-state index contributed by atoms with van der Waals surface area (Å²) in [4.78, 5) is 10.9. The molecule has 21 heavy (non-hydrogen) atoms. The number of ether oxygens (including phenoxy) is 1. The number of carboxylic acids is 1. The molecule has 0 aliphatic heterocycles. The van der Waals surface area contributed by atoms with E-state index in [1.807, 2.05) is 0 Å². The van der Waals surface area contributed by atoms with Crippen LogP contribution in [0.2, 0.25) is 0 Å². The van der Waals surface area contributed by atoms with E-state index >= 15 is 0 Å². The summed E-state index contributed by atoms with van der Waals surface area (Å²) in [5, 5.41) is 18.1. The molecular formula is C12H13N3O5S. The van der Waals surface area contributed by atoms with Gasteiger partial charge in [0.25, 0.3) is 0 Å². The van der Waals surface area contributed by atoms with Crippen molar-refractivity contribution >= 4 is 16.0 Å². The maximum absolute atomic E-state index is 11.2. The highest BCUT2D eigenvalue weighted by atomic mass is 32.2. The maximum atomic E-state index is 11.2. The zero-order valence-corrected chi connectivity index (χ0v) is 11.9. The first-order chi connectivity index (χ1) is 9.77. The summed E-state index contributed by atoms with van der Waals surface area (Å²) in [6.07, 6.45) is 3.30. The predicted octanol–water partition coefficient (Wildman–Crippen LogP) is 0.345. The molecule has 0 saturated carbocycles. The summed E-state index contributed by atoms with van der Waals surface area (Å²) in [6.45, 7) is 0.114. The quantitative estimate of drug-likeness (QED) is 0.820. The number of hydrogen-bond acceptors (Lipinski definition) is 5. The van der Waals surface area contributed by atoms with Crippen LogP contribution in [0.4, 0.5) is 0 Å². The Labute approximate surface area is 120 Å². The number of primary sulfonamides is 1. The fourth-order valence-corrected chi connectivity index (χ4v) is 2.23. The normalized spacial score (nSPS) is 11.3. The highest BCUT2D eigenvalue weighted by molar-refractivity contribution is 7.89. The zero-order valence-electron chi connectivity index (χ0n) is 11.1. The van der Waals surface area contributed by atoms with Crippen molar-refractivity contribution in [1.29, 1.82) is 0 Å². The Hall–Kier alpha value is -2.39. The summed E-state index contributed by atoms with van der Waals surface area (Å²) in [5.41, 5.74) is 0.481. The predicted molar refractivity (Wildman–Crippen MR) is 72.3 cm³/mol. The summed E-state index contributed by atoms with van der Waals surface area (Å²) in [5.74, 6) is -1.25. The Kier molecular flexibility index (Phi) is 3.96. The summed E-state index contributed by atoms with van der Waals surface area (Å²) < 4.78 is 29.4. The van der Waals surface area contributed by atoms with E-state index in [1.165, 1.54) is 12.1 Å². The van der Waals surface area contributed by atoms with E-state index in [0.29, 0.717) is 0 Å². The molecule has 9 heteroatoms. The second-order valence-electron chi connectivity index (χ2n) is 4.32. The summed E-state index contributed by atoms with van der Waals surface area (Å²) in [6, 6.07) is 3.43. The molecule has 2 aromatic rings. The lowest BCUT2D eigenvalue weighted by Gasteiger charge is -2.09. The van der Waals surface area contributed by atoms with Gasteiger partial charge in [0.1, 0.15) is 17.9 Å². The molecule has 0 spiro atoms. The van der Waals surface area contributed by atoms with Crippen molar-refractivity contribution < 1.29 is 23.1 Å². The van der Waals surface area contributed by atoms with Crippen LogP contribution >= 0.6 is 0 Å². The van der Waals surface area contributed by atoms with E-state index in [1.54, 1.807) is 24.1 Å². The average Bonchev–Trinajstić information content (AvgIpc) is 2.80. The number of rotatable bonds is 5. The van der Waals surface area contributed by atoms with Crippen molar-refractivity contribution in [3.63, 3.8) is 0 Å². The molecule has 1 heterocycles. The van der Waals surface area contributed by atoms with Gasteiger partial charge in [0.2, 0.25) is 10.0 Å². The van der Waals surface area contributed by atoms with E-state index in [9.17, 15) is 13.2 Å². The highest BCUT2D eigenvalue weighted by Gasteiger charge is 2.17. The molecule has 0 atom stereocenters. The van der Waals surface area contributed by atoms with Gasteiger partial charge in [-0.3, -0.25) is 4.68 Å². The van der Waals surface area contributed by atoms with Gasteiger partial charge >= 0.3 is 5.97 Å². The van der Waals surface area contributed by atoms with E-state index in [2.05, 4.69) is 5.10 Å². The van der Waals surface area contributed by atoms with Crippen LogP contribution in [0.3, 0.4) is 0 Å². The van der Waals surface area contributed by atoms with Crippen LogP contribution in [-0.2, 0) is 23.7 Å². The number of carboxylic acid groups (broad SMARTS) is 1. The van der Waals surface area contributed by atoms with Crippen molar-refractivity contribution in [2.75, 3.05) is 0 Å². The number of aryl methyl sites for hydroxylation is 1. The fraction of sp³-hybridized carbons (Fsp3) is 0.167. The number of carbonyl (C=O) groups is 1. The summed E-state index contributed by atoms with van der Waals surface area (Å²) >= 11 is 0. The van der Waals surface area contributed by atoms with Gasteiger partial charge in [-0.1, -0.05) is 0 Å². The first-order valence-corrected chi connectivity index (χ1v) is 7.32. The van der Waals surface area contributed by atoms with Gasteiger partial charge in [0, 0.05) is 18.8 Å². The molecule has 0 amide bonds. The number of nitrogens with zero attached hydrogens (tertiary/aromatic N) is 2. The molecular weight excluding hydrogens is 298 g/mol. The number of sulfonamides is 1. The van der Waals surface area contributed by atoms with Crippen molar-refractivity contribution in [3.8, 4) is 5.75 Å². The first kappa shape index (κ1) is 15.0. The number of nitrogens with two attached hydrogens (primary N) is 1. The van der Waals surface area contributed by atoms with Crippen molar-refractivity contribution in [1.82, 2.24) is 9.78 Å². The van der Waals surface area contributed by atoms with Gasteiger partial charge in [0.15, 0.2) is 0 Å². The number of aromatic nitrogens is 2. The number of benzene rings is 1. The molecule has 8 nitrogen and oxygen atoms in total. The minimum Gasteiger partial charge on any atom is -0.488 e. The zero-order chi connectivity index (χ0) is 15.6. The van der Waals surface area contributed by atoms with Crippen LogP contribution in [0.25, 0.3) is 0 Å². The Balaban J connectivity index is 2.28. The SMILES string of the molecule is Cn1cc(COc2ccc(S(N)(=O)=O)cc2C(=O)O)cn1. The second-order valence-corrected chi connectivity index (χ2v) is 5.88. The largest absolute Gasteiger partial charge is 0.488 e. The molecule has 0 fully saturated rings. The third kappa shape index (κ3) is 3.58. The minimum atomic E-state index is -3.97. The van der Waals surface area contributed by atoms with Crippen LogP contribution in [0.5, 0.6) is 5.75 Å². The van der Waals surface area contributed by atoms with Crippen LogP contribution in [0.15, 0.2) is 35.5 Å². The van der Waals surface area contributed by atoms with Crippen LogP contribution < -0.4 is 9.88 Å². The van der Waals surface area contributed by atoms with Crippen LogP contribution in [0, 0.1) is 0 Å². The van der Waals surface area contributed by atoms with E-state index in [4.69, 9.17) is 15.0 Å². The monoisotopic (exact) mass is 311 g/mol. The van der Waals surface area contributed by atoms with Gasteiger partial charge in [-0.25, -0.2) is 18.4 Å². The highest BCUT2D eigenvalue weighted by Crippen LogP contribution is 2.23.